The summed E-state index contributed by atoms with van der Waals surface area (Å²) in [5.41, 5.74) is 1.35. The first-order valence-corrected chi connectivity index (χ1v) is 9.13. The lowest BCUT2D eigenvalue weighted by molar-refractivity contribution is -0.146. The summed E-state index contributed by atoms with van der Waals surface area (Å²) in [6.45, 7) is 4.18. The topological polar surface area (TPSA) is 89.3 Å². The van der Waals surface area contributed by atoms with Crippen LogP contribution in [0, 0.1) is 0 Å². The molecule has 2 aromatic rings. The van der Waals surface area contributed by atoms with Gasteiger partial charge in [0, 0.05) is 25.6 Å². The standard InChI is InChI=1S/C19H26N4O3.ClH/c1-3-16-22-17(26-23-16)15-6-4-14(5-7-15)8-11-21-18(24)19(25-2)9-12-20-13-10-19;/h4-7,20H,3,8-13H2,1-2H3,(H,21,24);1H. The van der Waals surface area contributed by atoms with E-state index in [0.717, 1.165) is 37.1 Å². The first kappa shape index (κ1) is 21.3. The number of carbonyl (C=O) groups is 1. The molecule has 1 saturated heterocycles. The Morgan fingerprint density at radius 1 is 1.30 bits per heavy atom. The van der Waals surface area contributed by atoms with Crippen molar-refractivity contribution in [2.24, 2.45) is 0 Å². The fourth-order valence-corrected chi connectivity index (χ4v) is 3.16. The van der Waals surface area contributed by atoms with Crippen molar-refractivity contribution in [3.05, 3.63) is 35.7 Å². The Hall–Kier alpha value is -1.96. The molecular formula is C19H27ClN4O3. The van der Waals surface area contributed by atoms with Gasteiger partial charge in [-0.05, 0) is 50.0 Å². The van der Waals surface area contributed by atoms with Crippen LogP contribution in [-0.2, 0) is 22.4 Å². The molecule has 7 nitrogen and oxygen atoms in total. The van der Waals surface area contributed by atoms with Crippen LogP contribution in [0.3, 0.4) is 0 Å². The Morgan fingerprint density at radius 3 is 2.59 bits per heavy atom. The summed E-state index contributed by atoms with van der Waals surface area (Å²) < 4.78 is 10.8. The van der Waals surface area contributed by atoms with E-state index >= 15 is 0 Å². The molecule has 1 amide bonds. The van der Waals surface area contributed by atoms with E-state index in [0.29, 0.717) is 31.1 Å². The number of methoxy groups -OCH3 is 1. The highest BCUT2D eigenvalue weighted by Gasteiger charge is 2.39. The molecule has 0 atom stereocenters. The quantitative estimate of drug-likeness (QED) is 0.747. The second-order valence-electron chi connectivity index (χ2n) is 6.52. The van der Waals surface area contributed by atoms with E-state index in [4.69, 9.17) is 9.26 Å². The molecular weight excluding hydrogens is 368 g/mol. The third-order valence-electron chi connectivity index (χ3n) is 4.90. The van der Waals surface area contributed by atoms with E-state index in [1.54, 1.807) is 7.11 Å². The molecule has 27 heavy (non-hydrogen) atoms. The number of rotatable bonds is 7. The lowest BCUT2D eigenvalue weighted by Crippen LogP contribution is -2.54. The molecule has 0 saturated carbocycles. The van der Waals surface area contributed by atoms with Gasteiger partial charge in [-0.2, -0.15) is 4.98 Å². The van der Waals surface area contributed by atoms with E-state index in [2.05, 4.69) is 20.8 Å². The van der Waals surface area contributed by atoms with Crippen molar-refractivity contribution < 1.29 is 14.1 Å². The van der Waals surface area contributed by atoms with Gasteiger partial charge in [-0.15, -0.1) is 12.4 Å². The molecule has 2 N–H and O–H groups in total. The van der Waals surface area contributed by atoms with Gasteiger partial charge in [0.2, 0.25) is 0 Å². The molecule has 1 aromatic carbocycles. The second kappa shape index (κ2) is 9.82. The summed E-state index contributed by atoms with van der Waals surface area (Å²) in [6, 6.07) is 7.98. The van der Waals surface area contributed by atoms with Gasteiger partial charge in [0.25, 0.3) is 11.8 Å². The van der Waals surface area contributed by atoms with Gasteiger partial charge >= 0.3 is 0 Å². The van der Waals surface area contributed by atoms with Gasteiger partial charge in [0.15, 0.2) is 5.82 Å². The van der Waals surface area contributed by atoms with Crippen molar-refractivity contribution in [1.82, 2.24) is 20.8 Å². The summed E-state index contributed by atoms with van der Waals surface area (Å²) in [6.07, 6.45) is 2.91. The van der Waals surface area contributed by atoms with Crippen molar-refractivity contribution >= 4 is 18.3 Å². The number of halogens is 1. The number of aromatic nitrogens is 2. The van der Waals surface area contributed by atoms with Crippen LogP contribution in [0.5, 0.6) is 0 Å². The monoisotopic (exact) mass is 394 g/mol. The molecule has 0 unspecified atom stereocenters. The van der Waals surface area contributed by atoms with Crippen molar-refractivity contribution in [3.63, 3.8) is 0 Å². The Kier molecular flexibility index (Phi) is 7.77. The summed E-state index contributed by atoms with van der Waals surface area (Å²) in [4.78, 5) is 16.8. The number of nitrogens with zero attached hydrogens (tertiary/aromatic N) is 2. The van der Waals surface area contributed by atoms with E-state index in [1.165, 1.54) is 0 Å². The first-order chi connectivity index (χ1) is 12.7. The summed E-state index contributed by atoms with van der Waals surface area (Å²) in [5.74, 6) is 1.22. The minimum Gasteiger partial charge on any atom is -0.368 e. The van der Waals surface area contributed by atoms with Crippen LogP contribution in [0.25, 0.3) is 11.5 Å². The van der Waals surface area contributed by atoms with Crippen LogP contribution in [0.2, 0.25) is 0 Å². The first-order valence-electron chi connectivity index (χ1n) is 9.13. The van der Waals surface area contributed by atoms with Crippen LogP contribution in [0.4, 0.5) is 0 Å². The highest BCUT2D eigenvalue weighted by Crippen LogP contribution is 2.22. The van der Waals surface area contributed by atoms with E-state index in [-0.39, 0.29) is 18.3 Å². The van der Waals surface area contributed by atoms with E-state index in [9.17, 15) is 4.79 Å². The highest BCUT2D eigenvalue weighted by molar-refractivity contribution is 5.85. The summed E-state index contributed by atoms with van der Waals surface area (Å²) in [7, 11) is 1.62. The summed E-state index contributed by atoms with van der Waals surface area (Å²) >= 11 is 0. The average Bonchev–Trinajstić information content (AvgIpc) is 3.18. The zero-order valence-corrected chi connectivity index (χ0v) is 16.6. The van der Waals surface area contributed by atoms with Gasteiger partial charge in [-0.1, -0.05) is 24.2 Å². The molecule has 0 aliphatic carbocycles. The fourth-order valence-electron chi connectivity index (χ4n) is 3.16. The van der Waals surface area contributed by atoms with Crippen LogP contribution >= 0.6 is 12.4 Å². The van der Waals surface area contributed by atoms with Crippen molar-refractivity contribution in [2.75, 3.05) is 26.7 Å². The number of carbonyl (C=O) groups excluding carboxylic acids is 1. The Bertz CT molecular complexity index is 727. The third kappa shape index (κ3) is 5.06. The van der Waals surface area contributed by atoms with Gasteiger partial charge < -0.3 is 19.9 Å². The molecule has 0 radical (unpaired) electrons. The Labute approximate surface area is 165 Å². The van der Waals surface area contributed by atoms with Crippen molar-refractivity contribution in [3.8, 4) is 11.5 Å². The predicted molar refractivity (Wildman–Crippen MR) is 105 cm³/mol. The maximum absolute atomic E-state index is 12.5. The number of piperidine rings is 1. The molecule has 1 aromatic heterocycles. The molecule has 2 heterocycles. The average molecular weight is 395 g/mol. The molecule has 1 aliphatic rings. The molecule has 3 rings (SSSR count). The van der Waals surface area contributed by atoms with Crippen molar-refractivity contribution in [1.29, 1.82) is 0 Å². The highest BCUT2D eigenvalue weighted by atomic mass is 35.5. The number of ether oxygens (including phenoxy) is 1. The maximum Gasteiger partial charge on any atom is 0.257 e. The van der Waals surface area contributed by atoms with Gasteiger partial charge in [-0.3, -0.25) is 4.79 Å². The number of aryl methyl sites for hydroxylation is 1. The van der Waals surface area contributed by atoms with Crippen LogP contribution in [-0.4, -0.2) is 48.4 Å². The fraction of sp³-hybridized carbons (Fsp3) is 0.526. The van der Waals surface area contributed by atoms with E-state index < -0.39 is 5.60 Å². The number of hydrogen-bond donors (Lipinski definition) is 2. The minimum absolute atomic E-state index is 0. The van der Waals surface area contributed by atoms with E-state index in [1.807, 2.05) is 31.2 Å². The SMILES string of the molecule is CCc1noc(-c2ccc(CCNC(=O)C3(OC)CCNCC3)cc2)n1.Cl. The molecule has 1 aliphatic heterocycles. The normalized spacial score (nSPS) is 15.8. The molecule has 148 valence electrons. The van der Waals surface area contributed by atoms with Gasteiger partial charge in [0.05, 0.1) is 0 Å². The zero-order valence-electron chi connectivity index (χ0n) is 15.8. The molecule has 0 bridgehead atoms. The van der Waals surface area contributed by atoms with Gasteiger partial charge in [0.1, 0.15) is 5.60 Å². The number of nitrogens with one attached hydrogen (secondary N) is 2. The number of benzene rings is 1. The smallest absolute Gasteiger partial charge is 0.257 e. The number of amides is 1. The Balaban J connectivity index is 0.00000261. The maximum atomic E-state index is 12.5. The van der Waals surface area contributed by atoms with Crippen LogP contribution in [0.15, 0.2) is 28.8 Å². The largest absolute Gasteiger partial charge is 0.368 e. The second-order valence-corrected chi connectivity index (χ2v) is 6.52. The molecule has 0 spiro atoms. The Morgan fingerprint density at radius 2 is 2.00 bits per heavy atom. The summed E-state index contributed by atoms with van der Waals surface area (Å²) in [5, 5.41) is 10.2. The van der Waals surface area contributed by atoms with Crippen LogP contribution < -0.4 is 10.6 Å². The van der Waals surface area contributed by atoms with Crippen LogP contribution in [0.1, 0.15) is 31.2 Å². The lowest BCUT2D eigenvalue weighted by atomic mass is 9.91. The third-order valence-corrected chi connectivity index (χ3v) is 4.90. The molecule has 1 fully saturated rings. The predicted octanol–water partition coefficient (Wildman–Crippen LogP) is 2.15. The minimum atomic E-state index is -0.690. The zero-order chi connectivity index (χ0) is 18.4. The van der Waals surface area contributed by atoms with Gasteiger partial charge in [-0.25, -0.2) is 0 Å². The van der Waals surface area contributed by atoms with Crippen molar-refractivity contribution in [2.45, 2.75) is 38.2 Å². The molecule has 8 heteroatoms. The lowest BCUT2D eigenvalue weighted by Gasteiger charge is -2.34. The number of hydrogen-bond acceptors (Lipinski definition) is 6.